The van der Waals surface area contributed by atoms with Gasteiger partial charge in [-0.2, -0.15) is 0 Å². The number of benzene rings is 2. The predicted octanol–water partition coefficient (Wildman–Crippen LogP) is 4.01. The first-order chi connectivity index (χ1) is 7.90. The molecule has 0 unspecified atom stereocenters. The Labute approximate surface area is 96.0 Å². The third-order valence-corrected chi connectivity index (χ3v) is 2.43. The monoisotopic (exact) mass is 210 g/mol. The largest absolute Gasteiger partial charge is 0.497 e. The van der Waals surface area contributed by atoms with E-state index in [1.807, 2.05) is 18.2 Å². The summed E-state index contributed by atoms with van der Waals surface area (Å²) in [6.45, 7) is 4.10. The normalized spacial score (nSPS) is 9.75. The van der Waals surface area contributed by atoms with Crippen LogP contribution < -0.4 is 0 Å². The second kappa shape index (κ2) is 5.17. The Balaban J connectivity index is 2.16. The molecule has 0 saturated heterocycles. The third-order valence-electron chi connectivity index (χ3n) is 2.43. The number of hydrogen-bond donors (Lipinski definition) is 0. The van der Waals surface area contributed by atoms with E-state index in [2.05, 4.69) is 43.0 Å². The summed E-state index contributed by atoms with van der Waals surface area (Å²) in [7, 11) is 0. The molecule has 80 valence electrons. The van der Waals surface area contributed by atoms with Crippen molar-refractivity contribution in [3.63, 3.8) is 0 Å². The minimum absolute atomic E-state index is 0.582. The lowest BCUT2D eigenvalue weighted by Gasteiger charge is -2.04. The topological polar surface area (TPSA) is 9.23 Å². The minimum Gasteiger partial charge on any atom is -0.497 e. The molecule has 0 radical (unpaired) electrons. The average Bonchev–Trinajstić information content (AvgIpc) is 2.38. The van der Waals surface area contributed by atoms with E-state index >= 15 is 0 Å². The quantitative estimate of drug-likeness (QED) is 0.693. The third kappa shape index (κ3) is 2.51. The molecule has 16 heavy (non-hydrogen) atoms. The van der Waals surface area contributed by atoms with Crippen molar-refractivity contribution in [1.29, 1.82) is 0 Å². The van der Waals surface area contributed by atoms with E-state index in [4.69, 9.17) is 4.74 Å². The molecule has 0 atom stereocenters. The van der Waals surface area contributed by atoms with E-state index in [0.717, 1.165) is 5.56 Å². The van der Waals surface area contributed by atoms with Gasteiger partial charge in [-0.25, -0.2) is 0 Å². The van der Waals surface area contributed by atoms with Crippen molar-refractivity contribution < 1.29 is 4.74 Å². The fourth-order valence-electron chi connectivity index (χ4n) is 1.58. The first kappa shape index (κ1) is 10.5. The maximum absolute atomic E-state index is 5.13. The molecule has 0 aliphatic carbocycles. The lowest BCUT2D eigenvalue weighted by atomic mass is 10.0. The molecule has 0 N–H and O–H groups in total. The standard InChI is InChI=1S/C15H14O/c1-2-16-12-13-8-10-15(11-9-13)14-6-4-3-5-7-14/h2-11H,1,12H2. The highest BCUT2D eigenvalue weighted by Gasteiger charge is 1.96. The van der Waals surface area contributed by atoms with Gasteiger partial charge in [0.05, 0.1) is 6.26 Å². The van der Waals surface area contributed by atoms with Crippen molar-refractivity contribution in [3.05, 3.63) is 73.0 Å². The second-order valence-corrected chi connectivity index (χ2v) is 3.54. The Morgan fingerprint density at radius 3 is 2.12 bits per heavy atom. The SMILES string of the molecule is C=COCc1ccc(-c2ccccc2)cc1. The molecule has 1 nitrogen and oxygen atoms in total. The molecular formula is C15H14O. The van der Waals surface area contributed by atoms with Gasteiger partial charge in [-0.3, -0.25) is 0 Å². The van der Waals surface area contributed by atoms with E-state index in [0.29, 0.717) is 6.61 Å². The van der Waals surface area contributed by atoms with Crippen LogP contribution in [0.3, 0.4) is 0 Å². The van der Waals surface area contributed by atoms with Crippen molar-refractivity contribution in [2.75, 3.05) is 0 Å². The van der Waals surface area contributed by atoms with Crippen LogP contribution in [0.1, 0.15) is 5.56 Å². The van der Waals surface area contributed by atoms with Crippen LogP contribution in [0, 0.1) is 0 Å². The molecular weight excluding hydrogens is 196 g/mol. The highest BCUT2D eigenvalue weighted by molar-refractivity contribution is 5.63. The fourth-order valence-corrected chi connectivity index (χ4v) is 1.58. The summed E-state index contributed by atoms with van der Waals surface area (Å²) in [4.78, 5) is 0. The van der Waals surface area contributed by atoms with Gasteiger partial charge in [-0.05, 0) is 16.7 Å². The van der Waals surface area contributed by atoms with E-state index in [1.54, 1.807) is 0 Å². The van der Waals surface area contributed by atoms with Crippen molar-refractivity contribution in [2.24, 2.45) is 0 Å². The highest BCUT2D eigenvalue weighted by atomic mass is 16.5. The maximum Gasteiger partial charge on any atom is 0.112 e. The Bertz CT molecular complexity index is 443. The van der Waals surface area contributed by atoms with E-state index in [9.17, 15) is 0 Å². The van der Waals surface area contributed by atoms with Crippen LogP contribution in [0.15, 0.2) is 67.4 Å². The van der Waals surface area contributed by atoms with Crippen molar-refractivity contribution in [1.82, 2.24) is 0 Å². The van der Waals surface area contributed by atoms with Crippen LogP contribution in [0.2, 0.25) is 0 Å². The van der Waals surface area contributed by atoms with Crippen LogP contribution in [0.4, 0.5) is 0 Å². The molecule has 0 saturated carbocycles. The van der Waals surface area contributed by atoms with E-state index in [-0.39, 0.29) is 0 Å². The predicted molar refractivity (Wildman–Crippen MR) is 66.9 cm³/mol. The van der Waals surface area contributed by atoms with Gasteiger partial charge in [-0.15, -0.1) is 0 Å². The van der Waals surface area contributed by atoms with Gasteiger partial charge >= 0.3 is 0 Å². The fraction of sp³-hybridized carbons (Fsp3) is 0.0667. The molecule has 2 rings (SSSR count). The number of rotatable bonds is 4. The molecule has 0 amide bonds. The number of hydrogen-bond acceptors (Lipinski definition) is 1. The van der Waals surface area contributed by atoms with Crippen molar-refractivity contribution in [2.45, 2.75) is 6.61 Å². The molecule has 1 heteroatoms. The Kier molecular flexibility index (Phi) is 3.39. The van der Waals surface area contributed by atoms with Gasteiger partial charge in [0.1, 0.15) is 6.61 Å². The zero-order valence-electron chi connectivity index (χ0n) is 9.10. The van der Waals surface area contributed by atoms with Gasteiger partial charge in [0, 0.05) is 0 Å². The zero-order valence-corrected chi connectivity index (χ0v) is 9.10. The average molecular weight is 210 g/mol. The molecule has 0 aromatic heterocycles. The maximum atomic E-state index is 5.13. The van der Waals surface area contributed by atoms with Gasteiger partial charge in [0.15, 0.2) is 0 Å². The van der Waals surface area contributed by atoms with Gasteiger partial charge in [0.25, 0.3) is 0 Å². The smallest absolute Gasteiger partial charge is 0.112 e. The van der Waals surface area contributed by atoms with Crippen LogP contribution >= 0.6 is 0 Å². The van der Waals surface area contributed by atoms with Crippen LogP contribution in [0.5, 0.6) is 0 Å². The zero-order chi connectivity index (χ0) is 11.2. The van der Waals surface area contributed by atoms with Gasteiger partial charge < -0.3 is 4.74 Å². The Morgan fingerprint density at radius 1 is 0.875 bits per heavy atom. The van der Waals surface area contributed by atoms with Gasteiger partial charge in [-0.1, -0.05) is 61.2 Å². The van der Waals surface area contributed by atoms with Crippen LogP contribution in [-0.2, 0) is 11.3 Å². The van der Waals surface area contributed by atoms with Crippen LogP contribution in [-0.4, -0.2) is 0 Å². The first-order valence-electron chi connectivity index (χ1n) is 5.27. The molecule has 0 fully saturated rings. The molecule has 0 heterocycles. The molecule has 2 aromatic rings. The molecule has 0 bridgehead atoms. The second-order valence-electron chi connectivity index (χ2n) is 3.54. The van der Waals surface area contributed by atoms with Crippen molar-refractivity contribution in [3.8, 4) is 11.1 Å². The van der Waals surface area contributed by atoms with E-state index < -0.39 is 0 Å². The molecule has 0 aliphatic rings. The summed E-state index contributed by atoms with van der Waals surface area (Å²) in [5, 5.41) is 0. The molecule has 2 aromatic carbocycles. The summed E-state index contributed by atoms with van der Waals surface area (Å²) in [6.07, 6.45) is 1.46. The first-order valence-corrected chi connectivity index (χ1v) is 5.27. The van der Waals surface area contributed by atoms with Crippen LogP contribution in [0.25, 0.3) is 11.1 Å². The highest BCUT2D eigenvalue weighted by Crippen LogP contribution is 2.19. The molecule has 0 spiro atoms. The van der Waals surface area contributed by atoms with Crippen molar-refractivity contribution >= 4 is 0 Å². The summed E-state index contributed by atoms with van der Waals surface area (Å²) < 4.78 is 5.13. The summed E-state index contributed by atoms with van der Waals surface area (Å²) >= 11 is 0. The lowest BCUT2D eigenvalue weighted by molar-refractivity contribution is 0.238. The van der Waals surface area contributed by atoms with Gasteiger partial charge in [0.2, 0.25) is 0 Å². The summed E-state index contributed by atoms with van der Waals surface area (Å²) in [6, 6.07) is 18.7. The Morgan fingerprint density at radius 2 is 1.50 bits per heavy atom. The lowest BCUT2D eigenvalue weighted by Crippen LogP contribution is -1.86. The van der Waals surface area contributed by atoms with E-state index in [1.165, 1.54) is 17.4 Å². The summed E-state index contributed by atoms with van der Waals surface area (Å²) in [5.74, 6) is 0. The summed E-state index contributed by atoms with van der Waals surface area (Å²) in [5.41, 5.74) is 3.61. The molecule has 0 aliphatic heterocycles. The number of ether oxygens (including phenoxy) is 1. The minimum atomic E-state index is 0.582. The Hall–Kier alpha value is -2.02.